The Hall–Kier alpha value is -2.67. The molecule has 0 spiro atoms. The summed E-state index contributed by atoms with van der Waals surface area (Å²) < 4.78 is 15.9. The normalized spacial score (nSPS) is 9.81. The minimum atomic E-state index is 0.301. The van der Waals surface area contributed by atoms with Gasteiger partial charge >= 0.3 is 0 Å². The standard InChI is InChI=1S/C17H17NO3/c1-19-14-5-6-15(17(11-14)21-3)12-4-7-16(20-2)13(10-12)8-9-18/h4-7,10-11H,8H2,1-3H3. The molecule has 0 aliphatic rings. The van der Waals surface area contributed by atoms with Crippen LogP contribution in [0.5, 0.6) is 17.2 Å². The van der Waals surface area contributed by atoms with Crippen LogP contribution in [0.4, 0.5) is 0 Å². The molecule has 0 atom stereocenters. The zero-order valence-corrected chi connectivity index (χ0v) is 12.3. The zero-order chi connectivity index (χ0) is 15.2. The zero-order valence-electron chi connectivity index (χ0n) is 12.3. The number of hydrogen-bond donors (Lipinski definition) is 0. The lowest BCUT2D eigenvalue weighted by molar-refractivity contribution is 0.395. The van der Waals surface area contributed by atoms with Crippen molar-refractivity contribution in [2.45, 2.75) is 6.42 Å². The van der Waals surface area contributed by atoms with Gasteiger partial charge in [-0.1, -0.05) is 6.07 Å². The summed E-state index contributed by atoms with van der Waals surface area (Å²) >= 11 is 0. The minimum Gasteiger partial charge on any atom is -0.497 e. The van der Waals surface area contributed by atoms with Crippen molar-refractivity contribution in [1.82, 2.24) is 0 Å². The number of rotatable bonds is 5. The van der Waals surface area contributed by atoms with Gasteiger partial charge in [0, 0.05) is 17.2 Å². The minimum absolute atomic E-state index is 0.301. The number of hydrogen-bond acceptors (Lipinski definition) is 4. The Labute approximate surface area is 124 Å². The van der Waals surface area contributed by atoms with E-state index in [0.717, 1.165) is 28.2 Å². The van der Waals surface area contributed by atoms with E-state index in [4.69, 9.17) is 19.5 Å². The van der Waals surface area contributed by atoms with E-state index in [1.54, 1.807) is 21.3 Å². The lowest BCUT2D eigenvalue weighted by Crippen LogP contribution is -1.94. The number of nitriles is 1. The molecule has 0 aromatic heterocycles. The molecule has 0 radical (unpaired) electrons. The van der Waals surface area contributed by atoms with Gasteiger partial charge in [-0.15, -0.1) is 0 Å². The van der Waals surface area contributed by atoms with Gasteiger partial charge in [0.1, 0.15) is 17.2 Å². The Morgan fingerprint density at radius 3 is 2.29 bits per heavy atom. The summed E-state index contributed by atoms with van der Waals surface area (Å²) in [7, 11) is 4.84. The van der Waals surface area contributed by atoms with Crippen LogP contribution < -0.4 is 14.2 Å². The molecule has 0 aliphatic carbocycles. The van der Waals surface area contributed by atoms with Crippen LogP contribution in [0.25, 0.3) is 11.1 Å². The molecule has 0 fully saturated rings. The molecule has 2 aromatic carbocycles. The Morgan fingerprint density at radius 2 is 1.67 bits per heavy atom. The Bertz CT molecular complexity index is 674. The summed E-state index contributed by atoms with van der Waals surface area (Å²) in [6, 6.07) is 13.6. The fraction of sp³-hybridized carbons (Fsp3) is 0.235. The van der Waals surface area contributed by atoms with Crippen molar-refractivity contribution >= 4 is 0 Å². The van der Waals surface area contributed by atoms with E-state index in [9.17, 15) is 0 Å². The largest absolute Gasteiger partial charge is 0.497 e. The van der Waals surface area contributed by atoms with Gasteiger partial charge in [-0.05, 0) is 29.8 Å². The number of methoxy groups -OCH3 is 3. The molecule has 4 nitrogen and oxygen atoms in total. The molecule has 21 heavy (non-hydrogen) atoms. The summed E-state index contributed by atoms with van der Waals surface area (Å²) in [5.41, 5.74) is 2.77. The van der Waals surface area contributed by atoms with Gasteiger partial charge in [0.05, 0.1) is 33.8 Å². The summed E-state index contributed by atoms with van der Waals surface area (Å²) in [5, 5.41) is 8.92. The van der Waals surface area contributed by atoms with Gasteiger partial charge in [-0.2, -0.15) is 5.26 Å². The maximum absolute atomic E-state index is 8.92. The molecule has 108 valence electrons. The summed E-state index contributed by atoms with van der Waals surface area (Å²) in [6.45, 7) is 0. The SMILES string of the molecule is COc1ccc(-c2ccc(OC)c(CC#N)c2)c(OC)c1. The highest BCUT2D eigenvalue weighted by atomic mass is 16.5. The van der Waals surface area contributed by atoms with Gasteiger partial charge in [-0.3, -0.25) is 0 Å². The molecule has 0 saturated heterocycles. The average molecular weight is 283 g/mol. The Balaban J connectivity index is 2.51. The topological polar surface area (TPSA) is 51.5 Å². The fourth-order valence-corrected chi connectivity index (χ4v) is 2.21. The van der Waals surface area contributed by atoms with Crippen LogP contribution in [-0.2, 0) is 6.42 Å². The highest BCUT2D eigenvalue weighted by Crippen LogP contribution is 2.35. The molecule has 0 unspecified atom stereocenters. The summed E-state index contributed by atoms with van der Waals surface area (Å²) in [6.07, 6.45) is 0.301. The van der Waals surface area contributed by atoms with E-state index in [0.29, 0.717) is 12.2 Å². The first-order valence-electron chi connectivity index (χ1n) is 6.49. The maximum atomic E-state index is 8.92. The highest BCUT2D eigenvalue weighted by Gasteiger charge is 2.10. The second-order valence-electron chi connectivity index (χ2n) is 4.43. The van der Waals surface area contributed by atoms with Crippen LogP contribution in [0.3, 0.4) is 0 Å². The quantitative estimate of drug-likeness (QED) is 0.843. The molecule has 0 N–H and O–H groups in total. The Morgan fingerprint density at radius 1 is 0.905 bits per heavy atom. The maximum Gasteiger partial charge on any atom is 0.130 e. The van der Waals surface area contributed by atoms with Crippen LogP contribution in [0, 0.1) is 11.3 Å². The average Bonchev–Trinajstić information content (AvgIpc) is 2.54. The predicted octanol–water partition coefficient (Wildman–Crippen LogP) is 3.45. The van der Waals surface area contributed by atoms with Crippen molar-refractivity contribution in [1.29, 1.82) is 5.26 Å². The Kier molecular flexibility index (Phi) is 4.68. The van der Waals surface area contributed by atoms with Crippen LogP contribution in [0.1, 0.15) is 5.56 Å². The molecule has 0 saturated carbocycles. The van der Waals surface area contributed by atoms with Crippen molar-refractivity contribution in [2.24, 2.45) is 0 Å². The number of nitrogens with zero attached hydrogens (tertiary/aromatic N) is 1. The third-order valence-electron chi connectivity index (χ3n) is 3.27. The first-order chi connectivity index (χ1) is 10.2. The molecule has 0 amide bonds. The molecule has 2 rings (SSSR count). The van der Waals surface area contributed by atoms with Gasteiger partial charge in [0.15, 0.2) is 0 Å². The number of benzene rings is 2. The van der Waals surface area contributed by atoms with Crippen LogP contribution in [0.15, 0.2) is 36.4 Å². The molecule has 0 bridgehead atoms. The predicted molar refractivity (Wildman–Crippen MR) is 80.9 cm³/mol. The van der Waals surface area contributed by atoms with Crippen molar-refractivity contribution in [3.05, 3.63) is 42.0 Å². The smallest absolute Gasteiger partial charge is 0.130 e. The second kappa shape index (κ2) is 6.67. The molecule has 2 aromatic rings. The van der Waals surface area contributed by atoms with E-state index in [-0.39, 0.29) is 0 Å². The molecule has 0 heterocycles. The van der Waals surface area contributed by atoms with Gasteiger partial charge in [-0.25, -0.2) is 0 Å². The fourth-order valence-electron chi connectivity index (χ4n) is 2.21. The van der Waals surface area contributed by atoms with Crippen LogP contribution in [0.2, 0.25) is 0 Å². The van der Waals surface area contributed by atoms with Crippen molar-refractivity contribution in [3.8, 4) is 34.4 Å². The van der Waals surface area contributed by atoms with E-state index in [1.807, 2.05) is 36.4 Å². The van der Waals surface area contributed by atoms with Crippen molar-refractivity contribution < 1.29 is 14.2 Å². The van der Waals surface area contributed by atoms with Gasteiger partial charge in [0.25, 0.3) is 0 Å². The first-order valence-corrected chi connectivity index (χ1v) is 6.49. The third-order valence-corrected chi connectivity index (χ3v) is 3.27. The third kappa shape index (κ3) is 3.09. The van der Waals surface area contributed by atoms with Gasteiger partial charge < -0.3 is 14.2 Å². The molecule has 4 heteroatoms. The van der Waals surface area contributed by atoms with Crippen molar-refractivity contribution in [3.63, 3.8) is 0 Å². The first kappa shape index (κ1) is 14.7. The van der Waals surface area contributed by atoms with E-state index in [2.05, 4.69) is 6.07 Å². The van der Waals surface area contributed by atoms with Crippen LogP contribution in [-0.4, -0.2) is 21.3 Å². The summed E-state index contributed by atoms with van der Waals surface area (Å²) in [4.78, 5) is 0. The number of ether oxygens (including phenoxy) is 3. The lowest BCUT2D eigenvalue weighted by atomic mass is 10.00. The van der Waals surface area contributed by atoms with E-state index >= 15 is 0 Å². The monoisotopic (exact) mass is 283 g/mol. The molecule has 0 aliphatic heterocycles. The summed E-state index contributed by atoms with van der Waals surface area (Å²) in [5.74, 6) is 2.18. The van der Waals surface area contributed by atoms with Gasteiger partial charge in [0.2, 0.25) is 0 Å². The second-order valence-corrected chi connectivity index (χ2v) is 4.43. The van der Waals surface area contributed by atoms with E-state index in [1.165, 1.54) is 0 Å². The highest BCUT2D eigenvalue weighted by molar-refractivity contribution is 5.73. The van der Waals surface area contributed by atoms with Crippen LogP contribution >= 0.6 is 0 Å². The molecular formula is C17H17NO3. The van der Waals surface area contributed by atoms with Crippen molar-refractivity contribution in [2.75, 3.05) is 21.3 Å². The lowest BCUT2D eigenvalue weighted by Gasteiger charge is -2.13. The van der Waals surface area contributed by atoms with E-state index < -0.39 is 0 Å². The molecular weight excluding hydrogens is 266 g/mol.